The van der Waals surface area contributed by atoms with Crippen molar-refractivity contribution in [3.05, 3.63) is 54.1 Å². The second-order valence-corrected chi connectivity index (χ2v) is 9.60. The fraction of sp³-hybridized carbons (Fsp3) is 0.407. The molecular weight excluding hydrogens is 430 g/mol. The SMILES string of the molecule is COc1ccc(-c2[nH]c3ccccc3c2CCC(=O)N2CCN(C(=O)OC(C)(C)C)CC2)cc1. The highest BCUT2D eigenvalue weighted by atomic mass is 16.6. The van der Waals surface area contributed by atoms with Crippen LogP contribution < -0.4 is 4.74 Å². The van der Waals surface area contributed by atoms with Crippen molar-refractivity contribution < 1.29 is 19.1 Å². The lowest BCUT2D eigenvalue weighted by Gasteiger charge is -2.35. The number of hydrogen-bond donors (Lipinski definition) is 1. The Morgan fingerprint density at radius 2 is 1.59 bits per heavy atom. The van der Waals surface area contributed by atoms with E-state index in [0.717, 1.165) is 33.5 Å². The van der Waals surface area contributed by atoms with Gasteiger partial charge in [-0.05, 0) is 68.7 Å². The van der Waals surface area contributed by atoms with Gasteiger partial charge in [-0.2, -0.15) is 0 Å². The smallest absolute Gasteiger partial charge is 0.410 e. The van der Waals surface area contributed by atoms with E-state index < -0.39 is 5.60 Å². The quantitative estimate of drug-likeness (QED) is 0.587. The molecule has 7 nitrogen and oxygen atoms in total. The molecule has 2 heterocycles. The molecule has 1 aliphatic rings. The average Bonchev–Trinajstić information content (AvgIpc) is 3.20. The third-order valence-electron chi connectivity index (χ3n) is 6.07. The van der Waals surface area contributed by atoms with Crippen molar-refractivity contribution in [1.29, 1.82) is 0 Å². The summed E-state index contributed by atoms with van der Waals surface area (Å²) in [6.45, 7) is 7.60. The van der Waals surface area contributed by atoms with Crippen molar-refractivity contribution in [2.45, 2.75) is 39.2 Å². The molecule has 1 aromatic heterocycles. The Labute approximate surface area is 200 Å². The fourth-order valence-electron chi connectivity index (χ4n) is 4.32. The topological polar surface area (TPSA) is 74.9 Å². The number of H-pyrrole nitrogens is 1. The van der Waals surface area contributed by atoms with E-state index in [1.54, 1.807) is 12.0 Å². The Hall–Kier alpha value is -3.48. The summed E-state index contributed by atoms with van der Waals surface area (Å²) in [6.07, 6.45) is 0.732. The molecule has 1 saturated heterocycles. The third-order valence-corrected chi connectivity index (χ3v) is 6.07. The van der Waals surface area contributed by atoms with Crippen molar-refractivity contribution >= 4 is 22.9 Å². The number of aryl methyl sites for hydroxylation is 1. The van der Waals surface area contributed by atoms with Crippen LogP contribution in [0.25, 0.3) is 22.2 Å². The van der Waals surface area contributed by atoms with E-state index in [9.17, 15) is 9.59 Å². The van der Waals surface area contributed by atoms with Gasteiger partial charge in [0.15, 0.2) is 0 Å². The molecule has 3 aromatic rings. The molecule has 2 amide bonds. The predicted molar refractivity (Wildman–Crippen MR) is 133 cm³/mol. The summed E-state index contributed by atoms with van der Waals surface area (Å²) in [4.78, 5) is 32.4. The molecule has 0 bridgehead atoms. The molecule has 0 saturated carbocycles. The van der Waals surface area contributed by atoms with E-state index in [0.29, 0.717) is 39.0 Å². The molecule has 2 aromatic carbocycles. The predicted octanol–water partition coefficient (Wildman–Crippen LogP) is 4.86. The van der Waals surface area contributed by atoms with E-state index in [4.69, 9.17) is 9.47 Å². The van der Waals surface area contributed by atoms with E-state index >= 15 is 0 Å². The van der Waals surface area contributed by atoms with Crippen LogP contribution >= 0.6 is 0 Å². The fourth-order valence-corrected chi connectivity index (χ4v) is 4.32. The molecule has 180 valence electrons. The Bertz CT molecular complexity index is 1150. The largest absolute Gasteiger partial charge is 0.497 e. The van der Waals surface area contributed by atoms with Gasteiger partial charge in [0.1, 0.15) is 11.4 Å². The van der Waals surface area contributed by atoms with Gasteiger partial charge in [0.2, 0.25) is 5.91 Å². The first-order valence-corrected chi connectivity index (χ1v) is 11.7. The number of aromatic amines is 1. The Balaban J connectivity index is 1.43. The van der Waals surface area contributed by atoms with Gasteiger partial charge in [-0.3, -0.25) is 4.79 Å². The number of amides is 2. The van der Waals surface area contributed by atoms with Crippen molar-refractivity contribution in [2.24, 2.45) is 0 Å². The monoisotopic (exact) mass is 463 g/mol. The minimum absolute atomic E-state index is 0.106. The van der Waals surface area contributed by atoms with Gasteiger partial charge < -0.3 is 24.3 Å². The normalized spacial score (nSPS) is 14.4. The minimum atomic E-state index is -0.523. The van der Waals surface area contributed by atoms with E-state index in [-0.39, 0.29) is 12.0 Å². The molecule has 0 atom stereocenters. The van der Waals surface area contributed by atoms with Gasteiger partial charge in [0.05, 0.1) is 7.11 Å². The second-order valence-electron chi connectivity index (χ2n) is 9.60. The average molecular weight is 464 g/mol. The zero-order chi connectivity index (χ0) is 24.3. The van der Waals surface area contributed by atoms with Crippen LogP contribution in [0.5, 0.6) is 5.75 Å². The Kier molecular flexibility index (Phi) is 6.82. The van der Waals surface area contributed by atoms with Crippen LogP contribution in [0.2, 0.25) is 0 Å². The summed E-state index contributed by atoms with van der Waals surface area (Å²) in [7, 11) is 1.66. The van der Waals surface area contributed by atoms with Gasteiger partial charge in [-0.15, -0.1) is 0 Å². The number of fused-ring (bicyclic) bond motifs is 1. The number of piperazine rings is 1. The first kappa shape index (κ1) is 23.7. The van der Waals surface area contributed by atoms with Crippen molar-refractivity contribution in [1.82, 2.24) is 14.8 Å². The molecule has 1 fully saturated rings. The van der Waals surface area contributed by atoms with E-state index in [1.807, 2.05) is 62.1 Å². The molecular formula is C27H33N3O4. The first-order valence-electron chi connectivity index (χ1n) is 11.7. The van der Waals surface area contributed by atoms with Crippen LogP contribution in [0.3, 0.4) is 0 Å². The zero-order valence-corrected chi connectivity index (χ0v) is 20.4. The highest BCUT2D eigenvalue weighted by Crippen LogP contribution is 2.32. The highest BCUT2D eigenvalue weighted by molar-refractivity contribution is 5.91. The third kappa shape index (κ3) is 5.35. The van der Waals surface area contributed by atoms with Gasteiger partial charge in [-0.1, -0.05) is 18.2 Å². The van der Waals surface area contributed by atoms with Gasteiger partial charge >= 0.3 is 6.09 Å². The molecule has 0 spiro atoms. The number of hydrogen-bond acceptors (Lipinski definition) is 4. The highest BCUT2D eigenvalue weighted by Gasteiger charge is 2.27. The van der Waals surface area contributed by atoms with Gasteiger partial charge in [0, 0.05) is 49.2 Å². The summed E-state index contributed by atoms with van der Waals surface area (Å²) in [5.41, 5.74) is 3.77. The summed E-state index contributed by atoms with van der Waals surface area (Å²) in [6, 6.07) is 16.1. The maximum Gasteiger partial charge on any atom is 0.410 e. The lowest BCUT2D eigenvalue weighted by Crippen LogP contribution is -2.51. The Morgan fingerprint density at radius 3 is 2.24 bits per heavy atom. The van der Waals surface area contributed by atoms with Gasteiger partial charge in [0.25, 0.3) is 0 Å². The summed E-state index contributed by atoms with van der Waals surface area (Å²) < 4.78 is 10.7. The van der Waals surface area contributed by atoms with Crippen LogP contribution in [0.1, 0.15) is 32.8 Å². The lowest BCUT2D eigenvalue weighted by molar-refractivity contribution is -0.132. The number of aromatic nitrogens is 1. The van der Waals surface area contributed by atoms with E-state index in [2.05, 4.69) is 17.1 Å². The first-order chi connectivity index (χ1) is 16.2. The van der Waals surface area contributed by atoms with Crippen molar-refractivity contribution in [3.63, 3.8) is 0 Å². The number of benzene rings is 2. The number of carbonyl (C=O) groups excluding carboxylic acids is 2. The number of rotatable bonds is 5. The lowest BCUT2D eigenvalue weighted by atomic mass is 10.0. The summed E-state index contributed by atoms with van der Waals surface area (Å²) >= 11 is 0. The molecule has 34 heavy (non-hydrogen) atoms. The number of carbonyl (C=O) groups is 2. The number of para-hydroxylation sites is 1. The maximum absolute atomic E-state index is 13.0. The standard InChI is InChI=1S/C27H33N3O4/c1-27(2,3)34-26(32)30-17-15-29(16-18-30)24(31)14-13-22-21-7-5-6-8-23(21)28-25(22)19-9-11-20(33-4)12-10-19/h5-12,28H,13-18H2,1-4H3. The van der Waals surface area contributed by atoms with Crippen molar-refractivity contribution in [3.8, 4) is 17.0 Å². The van der Waals surface area contributed by atoms with Gasteiger partial charge in [-0.25, -0.2) is 4.79 Å². The molecule has 4 rings (SSSR count). The van der Waals surface area contributed by atoms with Crippen LogP contribution in [0, 0.1) is 0 Å². The van der Waals surface area contributed by atoms with Crippen LogP contribution in [0.15, 0.2) is 48.5 Å². The van der Waals surface area contributed by atoms with Crippen LogP contribution in [-0.4, -0.2) is 65.7 Å². The molecule has 1 aliphatic heterocycles. The molecule has 0 unspecified atom stereocenters. The molecule has 7 heteroatoms. The minimum Gasteiger partial charge on any atom is -0.497 e. The number of nitrogens with zero attached hydrogens (tertiary/aromatic N) is 2. The van der Waals surface area contributed by atoms with Crippen LogP contribution in [-0.2, 0) is 16.0 Å². The zero-order valence-electron chi connectivity index (χ0n) is 20.4. The Morgan fingerprint density at radius 1 is 0.941 bits per heavy atom. The summed E-state index contributed by atoms with van der Waals surface area (Å²) in [5, 5.41) is 1.14. The number of ether oxygens (including phenoxy) is 2. The van der Waals surface area contributed by atoms with Crippen molar-refractivity contribution in [2.75, 3.05) is 33.3 Å². The number of nitrogens with one attached hydrogen (secondary N) is 1. The maximum atomic E-state index is 13.0. The number of methoxy groups -OCH3 is 1. The summed E-state index contributed by atoms with van der Waals surface area (Å²) in [5.74, 6) is 0.914. The van der Waals surface area contributed by atoms with E-state index in [1.165, 1.54) is 0 Å². The van der Waals surface area contributed by atoms with Crippen LogP contribution in [0.4, 0.5) is 4.79 Å². The molecule has 1 N–H and O–H groups in total. The molecule has 0 aliphatic carbocycles. The molecule has 0 radical (unpaired) electrons. The second kappa shape index (κ2) is 9.79.